The highest BCUT2D eigenvalue weighted by molar-refractivity contribution is 7.16. The van der Waals surface area contributed by atoms with Crippen LogP contribution in [-0.4, -0.2) is 22.5 Å². The maximum absolute atomic E-state index is 8.36. The summed E-state index contributed by atoms with van der Waals surface area (Å²) in [6.45, 7) is 1.98. The molecular weight excluding hydrogens is 240 g/mol. The molecule has 0 fully saturated rings. The fourth-order valence-corrected chi connectivity index (χ4v) is 2.91. The van der Waals surface area contributed by atoms with E-state index in [1.807, 2.05) is 0 Å². The van der Waals surface area contributed by atoms with E-state index < -0.39 is 0 Å². The summed E-state index contributed by atoms with van der Waals surface area (Å²) in [4.78, 5) is 14.2. The number of fused-ring (bicyclic) bond motifs is 1. The van der Waals surface area contributed by atoms with Crippen LogP contribution in [0.2, 0.25) is 0 Å². The van der Waals surface area contributed by atoms with Gasteiger partial charge >= 0.3 is 0 Å². The summed E-state index contributed by atoms with van der Waals surface area (Å²) in [5.74, 6) is 0.572. The molecule has 7 heteroatoms. The molecule has 17 heavy (non-hydrogen) atoms. The zero-order valence-corrected chi connectivity index (χ0v) is 10.4. The summed E-state index contributed by atoms with van der Waals surface area (Å²) in [5, 5.41) is 17.5. The van der Waals surface area contributed by atoms with Crippen LogP contribution in [0.3, 0.4) is 0 Å². The predicted octanol–water partition coefficient (Wildman–Crippen LogP) is 1.59. The summed E-state index contributed by atoms with van der Waals surface area (Å²) in [6.07, 6.45) is 3.53. The Morgan fingerprint density at radius 2 is 2.41 bits per heavy atom. The van der Waals surface area contributed by atoms with Crippen LogP contribution in [-0.2, 0) is 11.2 Å². The summed E-state index contributed by atoms with van der Waals surface area (Å²) in [7, 11) is 0. The minimum absolute atomic E-state index is 0.0382. The van der Waals surface area contributed by atoms with E-state index in [0.29, 0.717) is 5.92 Å². The number of anilines is 1. The van der Waals surface area contributed by atoms with Gasteiger partial charge in [-0.2, -0.15) is 0 Å². The number of aromatic nitrogens is 1. The molecule has 1 heterocycles. The minimum atomic E-state index is -0.250. The lowest BCUT2D eigenvalue weighted by Gasteiger charge is -2.15. The molecule has 0 radical (unpaired) electrons. The largest absolute Gasteiger partial charge is 0.483 e. The van der Waals surface area contributed by atoms with Crippen LogP contribution in [0.25, 0.3) is 0 Å². The maximum Gasteiger partial charge on any atom is 0.290 e. The van der Waals surface area contributed by atoms with E-state index in [4.69, 9.17) is 21.0 Å². The van der Waals surface area contributed by atoms with Crippen molar-refractivity contribution in [2.24, 2.45) is 5.73 Å². The molecule has 1 aliphatic rings. The van der Waals surface area contributed by atoms with E-state index in [9.17, 15) is 0 Å². The van der Waals surface area contributed by atoms with E-state index in [-0.39, 0.29) is 12.4 Å². The Bertz CT molecular complexity index is 405. The van der Waals surface area contributed by atoms with Gasteiger partial charge in [0.25, 0.3) is 6.47 Å². The standard InChI is InChI=1S/C9H14N4S.CH2O2/c1-5-3-2-4-6-7(5)14-9(12-6)13-8(10)11;2-1-3/h5H,2-4H2,1H3,(H4,10,11,12,13);1H,(H,2,3). The van der Waals surface area contributed by atoms with E-state index in [2.05, 4.69) is 17.2 Å². The molecule has 1 unspecified atom stereocenters. The number of aryl methyl sites for hydroxylation is 1. The molecule has 1 aromatic heterocycles. The van der Waals surface area contributed by atoms with Crippen molar-refractivity contribution in [3.63, 3.8) is 0 Å². The van der Waals surface area contributed by atoms with Crippen LogP contribution in [0.5, 0.6) is 0 Å². The third-order valence-electron chi connectivity index (χ3n) is 2.47. The SMILES string of the molecule is CC1CCCc2nc(NC(=N)N)sc21.O=CO. The van der Waals surface area contributed by atoms with E-state index in [1.165, 1.54) is 23.4 Å². The Morgan fingerprint density at radius 3 is 2.94 bits per heavy atom. The number of carboxylic acid groups (broad SMARTS) is 1. The first-order valence-electron chi connectivity index (χ1n) is 5.27. The van der Waals surface area contributed by atoms with Crippen molar-refractivity contribution in [2.45, 2.75) is 32.1 Å². The van der Waals surface area contributed by atoms with Gasteiger partial charge in [0.05, 0.1) is 5.69 Å². The number of nitrogens with two attached hydrogens (primary N) is 1. The van der Waals surface area contributed by atoms with Crippen molar-refractivity contribution in [2.75, 3.05) is 5.32 Å². The summed E-state index contributed by atoms with van der Waals surface area (Å²) >= 11 is 1.63. The molecule has 0 aliphatic heterocycles. The van der Waals surface area contributed by atoms with Gasteiger partial charge in [-0.05, 0) is 25.2 Å². The third kappa shape index (κ3) is 3.70. The van der Waals surface area contributed by atoms with Crippen molar-refractivity contribution in [1.82, 2.24) is 4.98 Å². The molecule has 0 bridgehead atoms. The van der Waals surface area contributed by atoms with Crippen molar-refractivity contribution >= 4 is 28.9 Å². The molecule has 0 amide bonds. The van der Waals surface area contributed by atoms with E-state index >= 15 is 0 Å². The molecule has 1 atom stereocenters. The van der Waals surface area contributed by atoms with Crippen LogP contribution in [0.15, 0.2) is 0 Å². The first-order valence-corrected chi connectivity index (χ1v) is 6.08. The molecule has 94 valence electrons. The second-order valence-electron chi connectivity index (χ2n) is 3.77. The zero-order chi connectivity index (χ0) is 12.8. The van der Waals surface area contributed by atoms with Crippen molar-refractivity contribution < 1.29 is 9.90 Å². The summed E-state index contributed by atoms with van der Waals surface area (Å²) in [5.41, 5.74) is 6.45. The Balaban J connectivity index is 0.000000437. The quantitative estimate of drug-likeness (QED) is 0.346. The molecule has 1 aliphatic carbocycles. The summed E-state index contributed by atoms with van der Waals surface area (Å²) < 4.78 is 0. The molecule has 2 rings (SSSR count). The van der Waals surface area contributed by atoms with Crippen LogP contribution in [0, 0.1) is 5.41 Å². The first-order chi connectivity index (χ1) is 8.08. The average Bonchev–Trinajstić information content (AvgIpc) is 2.62. The Morgan fingerprint density at radius 1 is 1.76 bits per heavy atom. The highest BCUT2D eigenvalue weighted by atomic mass is 32.1. The van der Waals surface area contributed by atoms with Gasteiger partial charge < -0.3 is 16.2 Å². The summed E-state index contributed by atoms with van der Waals surface area (Å²) in [6, 6.07) is 0. The van der Waals surface area contributed by atoms with Crippen molar-refractivity contribution in [1.29, 1.82) is 5.41 Å². The molecule has 6 nitrogen and oxygen atoms in total. The fourth-order valence-electron chi connectivity index (χ4n) is 1.80. The second kappa shape index (κ2) is 6.19. The van der Waals surface area contributed by atoms with Gasteiger partial charge in [0.1, 0.15) is 0 Å². The molecule has 0 saturated carbocycles. The highest BCUT2D eigenvalue weighted by Gasteiger charge is 2.21. The van der Waals surface area contributed by atoms with Gasteiger partial charge in [-0.25, -0.2) is 4.98 Å². The average molecular weight is 256 g/mol. The topological polar surface area (TPSA) is 112 Å². The van der Waals surface area contributed by atoms with Gasteiger partial charge in [-0.1, -0.05) is 6.92 Å². The Labute approximate surface area is 103 Å². The van der Waals surface area contributed by atoms with Crippen LogP contribution in [0.1, 0.15) is 36.3 Å². The predicted molar refractivity (Wildman–Crippen MR) is 67.7 cm³/mol. The monoisotopic (exact) mass is 256 g/mol. The normalized spacial score (nSPS) is 17.4. The number of guanidine groups is 1. The van der Waals surface area contributed by atoms with Crippen LogP contribution in [0.4, 0.5) is 5.13 Å². The molecule has 5 N–H and O–H groups in total. The van der Waals surface area contributed by atoms with Gasteiger partial charge in [0.15, 0.2) is 11.1 Å². The van der Waals surface area contributed by atoms with Crippen molar-refractivity contribution in [3.8, 4) is 0 Å². The van der Waals surface area contributed by atoms with E-state index in [0.717, 1.165) is 11.6 Å². The lowest BCUT2D eigenvalue weighted by molar-refractivity contribution is -0.122. The van der Waals surface area contributed by atoms with Crippen LogP contribution < -0.4 is 11.1 Å². The Kier molecular flexibility index (Phi) is 4.89. The van der Waals surface area contributed by atoms with Gasteiger partial charge in [-0.3, -0.25) is 10.2 Å². The lowest BCUT2D eigenvalue weighted by Crippen LogP contribution is -2.20. The minimum Gasteiger partial charge on any atom is -0.483 e. The smallest absolute Gasteiger partial charge is 0.290 e. The maximum atomic E-state index is 8.36. The number of hydrogen-bond donors (Lipinski definition) is 4. The van der Waals surface area contributed by atoms with Crippen LogP contribution >= 0.6 is 11.3 Å². The molecule has 0 spiro atoms. The molecule has 1 aromatic rings. The third-order valence-corrected chi connectivity index (χ3v) is 3.71. The first kappa shape index (κ1) is 13.4. The van der Waals surface area contributed by atoms with Gasteiger partial charge in [0.2, 0.25) is 0 Å². The number of carbonyl (C=O) groups is 1. The molecule has 0 aromatic carbocycles. The molecule has 0 saturated heterocycles. The van der Waals surface area contributed by atoms with Crippen molar-refractivity contribution in [3.05, 3.63) is 10.6 Å². The number of nitrogens with zero attached hydrogens (tertiary/aromatic N) is 1. The lowest BCUT2D eigenvalue weighted by atomic mass is 9.94. The van der Waals surface area contributed by atoms with Gasteiger partial charge in [0, 0.05) is 4.88 Å². The number of rotatable bonds is 1. The number of hydrogen-bond acceptors (Lipinski definition) is 4. The Hall–Kier alpha value is -1.63. The molecular formula is C10H16N4O2S. The highest BCUT2D eigenvalue weighted by Crippen LogP contribution is 2.36. The number of thiazole rings is 1. The van der Waals surface area contributed by atoms with E-state index in [1.54, 1.807) is 11.3 Å². The fraction of sp³-hybridized carbons (Fsp3) is 0.500. The van der Waals surface area contributed by atoms with Gasteiger partial charge in [-0.15, -0.1) is 11.3 Å². The zero-order valence-electron chi connectivity index (χ0n) is 9.56. The second-order valence-corrected chi connectivity index (χ2v) is 4.80. The number of nitrogens with one attached hydrogen (secondary N) is 2.